The molecule has 0 saturated heterocycles. The third-order valence-corrected chi connectivity index (χ3v) is 1.26. The minimum Gasteiger partial charge on any atom is -0.870 e. The summed E-state index contributed by atoms with van der Waals surface area (Å²) in [5.74, 6) is 0. The van der Waals surface area contributed by atoms with E-state index in [1.807, 2.05) is 41.8 Å². The fourth-order valence-corrected chi connectivity index (χ4v) is 0.710. The highest BCUT2D eigenvalue weighted by Gasteiger charge is 2.02. The molecule has 10 heavy (non-hydrogen) atoms. The predicted octanol–water partition coefficient (Wildman–Crippen LogP) is -0.387. The van der Waals surface area contributed by atoms with Gasteiger partial charge >= 0.3 is 0 Å². The molecule has 0 aromatic carbocycles. The normalized spacial score (nSPS) is 12.3. The smallest absolute Gasteiger partial charge is 0.244 e. The number of nitrogens with zero attached hydrogens (tertiary/aromatic N) is 2. The molecule has 0 aliphatic carbocycles. The number of hydrogen-bond acceptors (Lipinski definition) is 2. The van der Waals surface area contributed by atoms with Crippen LogP contribution in [0.5, 0.6) is 0 Å². The van der Waals surface area contributed by atoms with Gasteiger partial charge in [0.2, 0.25) is 6.33 Å². The Bertz CT molecular complexity index is 195. The molecule has 0 aliphatic rings. The van der Waals surface area contributed by atoms with Gasteiger partial charge in [-0.05, 0) is 6.92 Å². The fraction of sp³-hybridized carbons (Fsp3) is 0.500. The third kappa shape index (κ3) is 1.82. The first-order valence-electron chi connectivity index (χ1n) is 2.98. The van der Waals surface area contributed by atoms with Gasteiger partial charge in [0.25, 0.3) is 0 Å². The van der Waals surface area contributed by atoms with Gasteiger partial charge in [-0.15, -0.1) is 0 Å². The first kappa shape index (κ1) is 9.13. The summed E-state index contributed by atoms with van der Waals surface area (Å²) in [7, 11) is 1.97. The first-order valence-corrected chi connectivity index (χ1v) is 2.98. The van der Waals surface area contributed by atoms with Crippen LogP contribution in [0.3, 0.4) is 0 Å². The van der Waals surface area contributed by atoms with Crippen molar-refractivity contribution >= 4 is 0 Å². The van der Waals surface area contributed by atoms with E-state index in [2.05, 4.69) is 0 Å². The quantitative estimate of drug-likeness (QED) is 0.544. The molecule has 58 valence electrons. The van der Waals surface area contributed by atoms with Crippen LogP contribution in [0, 0.1) is 0 Å². The van der Waals surface area contributed by atoms with Gasteiger partial charge in [0.05, 0.1) is 7.05 Å². The van der Waals surface area contributed by atoms with E-state index >= 15 is 0 Å². The maximum Gasteiger partial charge on any atom is 0.244 e. The van der Waals surface area contributed by atoms with Gasteiger partial charge in [-0.2, -0.15) is 0 Å². The van der Waals surface area contributed by atoms with E-state index in [9.17, 15) is 0 Å². The molecule has 0 saturated carbocycles. The average Bonchev–Trinajstić information content (AvgIpc) is 2.14. The Morgan fingerprint density at radius 1 is 1.60 bits per heavy atom. The monoisotopic (exact) mass is 143 g/mol. The number of aryl methyl sites for hydroxylation is 1. The van der Waals surface area contributed by atoms with Crippen molar-refractivity contribution in [2.75, 3.05) is 0 Å². The van der Waals surface area contributed by atoms with Gasteiger partial charge in [0.1, 0.15) is 18.6 Å². The molecule has 1 aromatic rings. The summed E-state index contributed by atoms with van der Waals surface area (Å²) in [6.07, 6.45) is 5.94. The minimum absolute atomic E-state index is 0. The average molecular weight is 143 g/mol. The van der Waals surface area contributed by atoms with Gasteiger partial charge in [-0.3, -0.25) is 5.73 Å². The third-order valence-electron chi connectivity index (χ3n) is 1.26. The minimum atomic E-state index is 0. The Kier molecular flexibility index (Phi) is 3.05. The maximum absolute atomic E-state index is 5.58. The summed E-state index contributed by atoms with van der Waals surface area (Å²) in [5, 5.41) is 0. The Labute approximate surface area is 60.2 Å². The zero-order valence-corrected chi connectivity index (χ0v) is 6.23. The maximum atomic E-state index is 5.58. The molecule has 1 aromatic heterocycles. The van der Waals surface area contributed by atoms with Crippen LogP contribution in [0.2, 0.25) is 0 Å². The van der Waals surface area contributed by atoms with E-state index < -0.39 is 0 Å². The second-order valence-corrected chi connectivity index (χ2v) is 2.27. The zero-order valence-electron chi connectivity index (χ0n) is 6.23. The van der Waals surface area contributed by atoms with Crippen LogP contribution < -0.4 is 10.3 Å². The first-order chi connectivity index (χ1) is 4.20. The number of hydrogen-bond donors (Lipinski definition) is 1. The van der Waals surface area contributed by atoms with Gasteiger partial charge < -0.3 is 5.48 Å². The van der Waals surface area contributed by atoms with Gasteiger partial charge in [-0.25, -0.2) is 9.13 Å². The van der Waals surface area contributed by atoms with E-state index in [1.54, 1.807) is 0 Å². The van der Waals surface area contributed by atoms with E-state index in [-0.39, 0.29) is 11.6 Å². The van der Waals surface area contributed by atoms with E-state index in [0.717, 1.165) is 0 Å². The lowest BCUT2D eigenvalue weighted by molar-refractivity contribution is -0.671. The number of imidazole rings is 1. The topological polar surface area (TPSA) is 64.8 Å². The Hall–Kier alpha value is -0.870. The molecule has 3 N–H and O–H groups in total. The summed E-state index contributed by atoms with van der Waals surface area (Å²) in [4.78, 5) is 0. The standard InChI is InChI=1S/C6H12N3.H2O/c1-6(7)9-4-3-8(2)5-9;/h3-6H,7H2,1-2H3;1H2/q+1;/p-1. The van der Waals surface area contributed by atoms with Crippen LogP contribution in [0.15, 0.2) is 18.7 Å². The van der Waals surface area contributed by atoms with Gasteiger partial charge in [0, 0.05) is 0 Å². The summed E-state index contributed by atoms with van der Waals surface area (Å²) >= 11 is 0. The molecule has 4 nitrogen and oxygen atoms in total. The lowest BCUT2D eigenvalue weighted by Gasteiger charge is -1.96. The molecule has 0 aliphatic heterocycles. The van der Waals surface area contributed by atoms with Crippen LogP contribution in [-0.4, -0.2) is 10.0 Å². The van der Waals surface area contributed by atoms with Crippen LogP contribution in [-0.2, 0) is 7.05 Å². The SMILES string of the molecule is CC(N)n1cc[n+](C)c1.[OH-]. The molecule has 1 heterocycles. The molecule has 0 fully saturated rings. The van der Waals surface area contributed by atoms with E-state index in [4.69, 9.17) is 5.73 Å². The van der Waals surface area contributed by atoms with Crippen molar-refractivity contribution < 1.29 is 10.0 Å². The summed E-state index contributed by atoms with van der Waals surface area (Å²) in [6, 6.07) is 0. The van der Waals surface area contributed by atoms with E-state index in [0.29, 0.717) is 0 Å². The highest BCUT2D eigenvalue weighted by atomic mass is 16.0. The zero-order chi connectivity index (χ0) is 6.85. The molecular formula is C6H13N3O. The highest BCUT2D eigenvalue weighted by molar-refractivity contribution is 4.68. The van der Waals surface area contributed by atoms with Gasteiger partial charge in [-0.1, -0.05) is 0 Å². The fourth-order valence-electron chi connectivity index (χ4n) is 0.710. The van der Waals surface area contributed by atoms with Crippen molar-refractivity contribution in [2.45, 2.75) is 13.1 Å². The molecule has 1 atom stereocenters. The molecule has 0 amide bonds. The number of aromatic nitrogens is 2. The van der Waals surface area contributed by atoms with Crippen molar-refractivity contribution in [3.8, 4) is 0 Å². The second kappa shape index (κ2) is 3.34. The van der Waals surface area contributed by atoms with Crippen LogP contribution in [0.4, 0.5) is 0 Å². The second-order valence-electron chi connectivity index (χ2n) is 2.27. The molecule has 0 bridgehead atoms. The van der Waals surface area contributed by atoms with Crippen LogP contribution in [0.25, 0.3) is 0 Å². The summed E-state index contributed by atoms with van der Waals surface area (Å²) in [5.41, 5.74) is 5.58. The predicted molar refractivity (Wildman–Crippen MR) is 36.4 cm³/mol. The Balaban J connectivity index is 0.000000810. The van der Waals surface area contributed by atoms with E-state index in [1.165, 1.54) is 0 Å². The van der Waals surface area contributed by atoms with Crippen molar-refractivity contribution in [2.24, 2.45) is 12.8 Å². The van der Waals surface area contributed by atoms with Gasteiger partial charge in [0.15, 0.2) is 0 Å². The highest BCUT2D eigenvalue weighted by Crippen LogP contribution is 1.91. The largest absolute Gasteiger partial charge is 0.870 e. The number of rotatable bonds is 1. The number of nitrogens with two attached hydrogens (primary N) is 1. The molecule has 4 heteroatoms. The van der Waals surface area contributed by atoms with Crippen molar-refractivity contribution in [3.05, 3.63) is 18.7 Å². The van der Waals surface area contributed by atoms with Crippen LogP contribution >= 0.6 is 0 Å². The van der Waals surface area contributed by atoms with Crippen molar-refractivity contribution in [1.82, 2.24) is 4.57 Å². The molecule has 0 radical (unpaired) electrons. The lowest BCUT2D eigenvalue weighted by Crippen LogP contribution is -2.25. The summed E-state index contributed by atoms with van der Waals surface area (Å²) < 4.78 is 3.91. The van der Waals surface area contributed by atoms with Crippen LogP contribution in [0.1, 0.15) is 13.1 Å². The molecular weight excluding hydrogens is 130 g/mol. The Morgan fingerprint density at radius 2 is 2.20 bits per heavy atom. The van der Waals surface area contributed by atoms with Crippen molar-refractivity contribution in [1.29, 1.82) is 0 Å². The Morgan fingerprint density at radius 3 is 2.40 bits per heavy atom. The van der Waals surface area contributed by atoms with Crippen molar-refractivity contribution in [3.63, 3.8) is 0 Å². The lowest BCUT2D eigenvalue weighted by atomic mass is 10.6. The molecule has 1 unspecified atom stereocenters. The summed E-state index contributed by atoms with van der Waals surface area (Å²) in [6.45, 7) is 1.94. The molecule has 0 spiro atoms. The molecule has 1 rings (SSSR count).